The molecular weight excluding hydrogens is 502 g/mol. The van der Waals surface area contributed by atoms with Crippen molar-refractivity contribution in [1.29, 1.82) is 0 Å². The number of aromatic nitrogens is 1. The lowest BCUT2D eigenvalue weighted by Gasteiger charge is -2.27. The fourth-order valence-electron chi connectivity index (χ4n) is 3.28. The highest BCUT2D eigenvalue weighted by molar-refractivity contribution is 5.73. The monoisotopic (exact) mass is 528 g/mol. The standard InChI is InChI=1S/C18H24N2O2.2C2HF3O2/c1-3-15-6-7-16(22-15)13-20-10-8-18(21-2)17(20)11-14-5-4-9-19-12-14;2*3-2(4,5)1(6)7/h4-7,9,12,17-18H,3,8,10-11,13H2,1-2H3;2*(H,6,7)/t17-,18-;;/m0../s1. The van der Waals surface area contributed by atoms with Crippen molar-refractivity contribution in [2.24, 2.45) is 0 Å². The average Bonchev–Trinajstić information content (AvgIpc) is 3.41. The number of alkyl halides is 6. The van der Waals surface area contributed by atoms with E-state index in [0.29, 0.717) is 6.04 Å². The molecule has 202 valence electrons. The number of carboxylic acids is 2. The zero-order valence-corrected chi connectivity index (χ0v) is 19.3. The second-order valence-electron chi connectivity index (χ2n) is 7.49. The number of aliphatic carboxylic acids is 2. The predicted molar refractivity (Wildman–Crippen MR) is 113 cm³/mol. The number of hydrogen-bond donors (Lipinski definition) is 2. The van der Waals surface area contributed by atoms with Crippen molar-refractivity contribution in [2.45, 2.75) is 57.2 Å². The molecule has 1 fully saturated rings. The number of carboxylic acid groups (broad SMARTS) is 2. The molecule has 0 unspecified atom stereocenters. The van der Waals surface area contributed by atoms with E-state index in [2.05, 4.69) is 35.0 Å². The number of halogens is 6. The number of aryl methyl sites for hydroxylation is 1. The largest absolute Gasteiger partial charge is 0.490 e. The summed E-state index contributed by atoms with van der Waals surface area (Å²) in [6.07, 6.45) is -3.14. The Labute approximate surface area is 202 Å². The maximum atomic E-state index is 10.6. The van der Waals surface area contributed by atoms with E-state index in [1.165, 1.54) is 5.56 Å². The van der Waals surface area contributed by atoms with Crippen molar-refractivity contribution in [3.8, 4) is 0 Å². The molecule has 3 rings (SSSR count). The summed E-state index contributed by atoms with van der Waals surface area (Å²) in [5.74, 6) is -3.41. The Balaban J connectivity index is 0.000000383. The van der Waals surface area contributed by atoms with Gasteiger partial charge in [0.2, 0.25) is 0 Å². The van der Waals surface area contributed by atoms with Crippen LogP contribution in [0, 0.1) is 0 Å². The van der Waals surface area contributed by atoms with Crippen molar-refractivity contribution in [3.63, 3.8) is 0 Å². The molecule has 8 nitrogen and oxygen atoms in total. The molecule has 14 heteroatoms. The number of hydrogen-bond acceptors (Lipinski definition) is 6. The molecule has 1 aliphatic rings. The highest BCUT2D eigenvalue weighted by atomic mass is 19.4. The molecule has 0 bridgehead atoms. The average molecular weight is 528 g/mol. The molecule has 1 saturated heterocycles. The van der Waals surface area contributed by atoms with E-state index in [1.54, 1.807) is 0 Å². The molecule has 3 heterocycles. The maximum Gasteiger partial charge on any atom is 0.490 e. The molecule has 36 heavy (non-hydrogen) atoms. The van der Waals surface area contributed by atoms with Crippen molar-refractivity contribution < 1.29 is 55.3 Å². The number of rotatable bonds is 6. The lowest BCUT2D eigenvalue weighted by atomic mass is 10.0. The Hall–Kier alpha value is -3.13. The first-order valence-electron chi connectivity index (χ1n) is 10.5. The number of pyridine rings is 1. The lowest BCUT2D eigenvalue weighted by molar-refractivity contribution is -0.193. The van der Waals surface area contributed by atoms with Gasteiger partial charge in [0.05, 0.1) is 12.6 Å². The summed E-state index contributed by atoms with van der Waals surface area (Å²) < 4.78 is 75.0. The third-order valence-electron chi connectivity index (χ3n) is 4.98. The quantitative estimate of drug-likeness (QED) is 0.533. The lowest BCUT2D eigenvalue weighted by Crippen LogP contribution is -2.37. The molecule has 0 aliphatic carbocycles. The first-order valence-corrected chi connectivity index (χ1v) is 10.5. The van der Waals surface area contributed by atoms with E-state index in [0.717, 1.165) is 43.9 Å². The second-order valence-corrected chi connectivity index (χ2v) is 7.49. The van der Waals surface area contributed by atoms with Crippen LogP contribution in [0.1, 0.15) is 30.4 Å². The van der Waals surface area contributed by atoms with Gasteiger partial charge in [-0.15, -0.1) is 0 Å². The second kappa shape index (κ2) is 13.8. The van der Waals surface area contributed by atoms with Crippen LogP contribution >= 0.6 is 0 Å². The Morgan fingerprint density at radius 2 is 1.64 bits per heavy atom. The molecule has 0 radical (unpaired) electrons. The van der Waals surface area contributed by atoms with E-state index >= 15 is 0 Å². The molecule has 2 atom stereocenters. The zero-order valence-electron chi connectivity index (χ0n) is 19.3. The van der Waals surface area contributed by atoms with Gasteiger partial charge >= 0.3 is 24.3 Å². The minimum absolute atomic E-state index is 0.279. The zero-order chi connectivity index (χ0) is 27.5. The molecule has 0 aromatic carbocycles. The van der Waals surface area contributed by atoms with Gasteiger partial charge in [0.25, 0.3) is 0 Å². The predicted octanol–water partition coefficient (Wildman–Crippen LogP) is 4.34. The Morgan fingerprint density at radius 1 is 1.08 bits per heavy atom. The highest BCUT2D eigenvalue weighted by Gasteiger charge is 2.39. The first-order chi connectivity index (χ1) is 16.7. The minimum atomic E-state index is -5.08. The molecule has 2 aromatic rings. The van der Waals surface area contributed by atoms with Crippen LogP contribution in [0.15, 0.2) is 41.1 Å². The summed E-state index contributed by atoms with van der Waals surface area (Å²) >= 11 is 0. The molecule has 1 aliphatic heterocycles. The Kier molecular flexibility index (Phi) is 11.9. The van der Waals surface area contributed by atoms with Gasteiger partial charge in [-0.05, 0) is 36.6 Å². The summed E-state index contributed by atoms with van der Waals surface area (Å²) in [7, 11) is 1.81. The van der Waals surface area contributed by atoms with E-state index < -0.39 is 24.3 Å². The van der Waals surface area contributed by atoms with E-state index in [1.807, 2.05) is 25.6 Å². The van der Waals surface area contributed by atoms with Gasteiger partial charge in [0.1, 0.15) is 11.5 Å². The Bertz CT molecular complexity index is 924. The number of likely N-dealkylation sites (tertiary alicyclic amines) is 1. The van der Waals surface area contributed by atoms with E-state index in [4.69, 9.17) is 29.0 Å². The SMILES string of the molecule is CCc1ccc(CN2CC[C@H](OC)[C@@H]2Cc2cccnc2)o1.O=C(O)C(F)(F)F.O=C(O)C(F)(F)F. The summed E-state index contributed by atoms with van der Waals surface area (Å²) in [5, 5.41) is 14.2. The third-order valence-corrected chi connectivity index (χ3v) is 4.98. The van der Waals surface area contributed by atoms with Crippen molar-refractivity contribution in [3.05, 3.63) is 53.7 Å². The van der Waals surface area contributed by atoms with Gasteiger partial charge in [-0.25, -0.2) is 9.59 Å². The minimum Gasteiger partial charge on any atom is -0.475 e. The smallest absolute Gasteiger partial charge is 0.475 e. The van der Waals surface area contributed by atoms with Crippen LogP contribution < -0.4 is 0 Å². The van der Waals surface area contributed by atoms with E-state index in [9.17, 15) is 26.3 Å². The summed E-state index contributed by atoms with van der Waals surface area (Å²) in [5.41, 5.74) is 1.26. The van der Waals surface area contributed by atoms with Gasteiger partial charge < -0.3 is 19.4 Å². The van der Waals surface area contributed by atoms with Crippen LogP contribution in [-0.2, 0) is 33.7 Å². The third kappa shape index (κ3) is 10.6. The van der Waals surface area contributed by atoms with Crippen LogP contribution in [0.3, 0.4) is 0 Å². The van der Waals surface area contributed by atoms with Crippen LogP contribution in [0.2, 0.25) is 0 Å². The van der Waals surface area contributed by atoms with Gasteiger partial charge in [-0.3, -0.25) is 9.88 Å². The molecular formula is C22H26F6N2O6. The fraction of sp³-hybridized carbons (Fsp3) is 0.500. The van der Waals surface area contributed by atoms with Crippen LogP contribution in [0.4, 0.5) is 26.3 Å². The number of furan rings is 1. The number of ether oxygens (including phenoxy) is 1. The topological polar surface area (TPSA) is 113 Å². The number of carbonyl (C=O) groups is 2. The van der Waals surface area contributed by atoms with Crippen molar-refractivity contribution in [2.75, 3.05) is 13.7 Å². The van der Waals surface area contributed by atoms with Crippen molar-refractivity contribution >= 4 is 11.9 Å². The van der Waals surface area contributed by atoms with Gasteiger partial charge in [-0.2, -0.15) is 26.3 Å². The number of nitrogens with zero attached hydrogens (tertiary/aromatic N) is 2. The van der Waals surface area contributed by atoms with Gasteiger partial charge in [0.15, 0.2) is 0 Å². The molecule has 2 N–H and O–H groups in total. The molecule has 2 aromatic heterocycles. The summed E-state index contributed by atoms with van der Waals surface area (Å²) in [6, 6.07) is 8.69. The van der Waals surface area contributed by atoms with Gasteiger partial charge in [0, 0.05) is 38.5 Å². The van der Waals surface area contributed by atoms with Crippen molar-refractivity contribution in [1.82, 2.24) is 9.88 Å². The fourth-order valence-corrected chi connectivity index (χ4v) is 3.28. The summed E-state index contributed by atoms with van der Waals surface area (Å²) in [4.78, 5) is 24.5. The Morgan fingerprint density at radius 3 is 2.06 bits per heavy atom. The molecule has 0 amide bonds. The number of methoxy groups -OCH3 is 1. The maximum absolute atomic E-state index is 10.6. The van der Waals surface area contributed by atoms with Gasteiger partial charge in [-0.1, -0.05) is 13.0 Å². The van der Waals surface area contributed by atoms with E-state index in [-0.39, 0.29) is 6.10 Å². The summed E-state index contributed by atoms with van der Waals surface area (Å²) in [6.45, 7) is 4.01. The van der Waals surface area contributed by atoms with Crippen LogP contribution in [-0.4, -0.2) is 70.2 Å². The molecule has 0 spiro atoms. The van der Waals surface area contributed by atoms with Crippen LogP contribution in [0.5, 0.6) is 0 Å². The normalized spacial score (nSPS) is 18.0. The van der Waals surface area contributed by atoms with Crippen LogP contribution in [0.25, 0.3) is 0 Å². The molecule has 0 saturated carbocycles. The highest BCUT2D eigenvalue weighted by Crippen LogP contribution is 2.26. The first kappa shape index (κ1) is 30.9.